The van der Waals surface area contributed by atoms with Crippen molar-refractivity contribution in [3.63, 3.8) is 0 Å². The number of rotatable bonds is 7. The minimum atomic E-state index is -3.41. The van der Waals surface area contributed by atoms with Gasteiger partial charge in [-0.05, 0) is 37.0 Å². The van der Waals surface area contributed by atoms with Crippen LogP contribution in [-0.4, -0.2) is 54.7 Å². The Hall–Kier alpha value is -1.77. The van der Waals surface area contributed by atoms with E-state index in [0.717, 1.165) is 24.2 Å². The molecule has 1 saturated heterocycles. The molecule has 6 nitrogen and oxygen atoms in total. The number of sulfonamides is 1. The number of aromatic nitrogens is 2. The molecule has 0 radical (unpaired) electrons. The van der Waals surface area contributed by atoms with Crippen molar-refractivity contribution in [1.82, 2.24) is 14.3 Å². The fraction of sp³-hybridized carbons (Fsp3) is 0.500. The summed E-state index contributed by atoms with van der Waals surface area (Å²) in [7, 11) is -1.90. The summed E-state index contributed by atoms with van der Waals surface area (Å²) in [6, 6.07) is 6.05. The molecule has 1 N–H and O–H groups in total. The molecule has 8 heteroatoms. The van der Waals surface area contributed by atoms with E-state index < -0.39 is 16.1 Å². The van der Waals surface area contributed by atoms with Gasteiger partial charge in [-0.1, -0.05) is 12.1 Å². The first-order valence-electron chi connectivity index (χ1n) is 8.72. The lowest BCUT2D eigenvalue weighted by molar-refractivity contribution is 0.119. The number of hydrogen-bond donors (Lipinski definition) is 1. The van der Waals surface area contributed by atoms with Crippen molar-refractivity contribution < 1.29 is 17.5 Å². The first-order valence-corrected chi connectivity index (χ1v) is 10.3. The normalized spacial score (nSPS) is 18.1. The molecule has 2 heterocycles. The van der Waals surface area contributed by atoms with Crippen LogP contribution >= 0.6 is 0 Å². The molecule has 142 valence electrons. The third-order valence-corrected chi connectivity index (χ3v) is 6.80. The van der Waals surface area contributed by atoms with Crippen LogP contribution in [0.5, 0.6) is 0 Å². The van der Waals surface area contributed by atoms with Gasteiger partial charge in [0, 0.05) is 38.5 Å². The number of piperidine rings is 1. The summed E-state index contributed by atoms with van der Waals surface area (Å²) in [6.45, 7) is 0.974. The highest BCUT2D eigenvalue weighted by atomic mass is 32.2. The van der Waals surface area contributed by atoms with Crippen molar-refractivity contribution >= 4 is 10.0 Å². The maximum absolute atomic E-state index is 13.0. The van der Waals surface area contributed by atoms with Crippen LogP contribution < -0.4 is 0 Å². The molecule has 3 rings (SSSR count). The van der Waals surface area contributed by atoms with Gasteiger partial charge in [-0.2, -0.15) is 0 Å². The van der Waals surface area contributed by atoms with Gasteiger partial charge >= 0.3 is 0 Å². The number of H-pyrrole nitrogens is 1. The fourth-order valence-electron chi connectivity index (χ4n) is 3.34. The number of nitrogens with zero attached hydrogens (tertiary/aromatic N) is 2. The Kier molecular flexibility index (Phi) is 6.05. The van der Waals surface area contributed by atoms with Crippen LogP contribution in [0.1, 0.15) is 30.1 Å². The number of hydrogen-bond acceptors (Lipinski definition) is 4. The first kappa shape index (κ1) is 19.0. The van der Waals surface area contributed by atoms with E-state index in [0.29, 0.717) is 19.5 Å². The number of halogens is 1. The second kappa shape index (κ2) is 8.28. The lowest BCUT2D eigenvalue weighted by atomic mass is 9.98. The first-order chi connectivity index (χ1) is 12.5. The quantitative estimate of drug-likeness (QED) is 0.799. The number of ether oxygens (including phenoxy) is 1. The number of aromatic amines is 1. The summed E-state index contributed by atoms with van der Waals surface area (Å²) < 4.78 is 45.4. The second-order valence-electron chi connectivity index (χ2n) is 6.61. The van der Waals surface area contributed by atoms with Gasteiger partial charge < -0.3 is 9.72 Å². The van der Waals surface area contributed by atoms with Crippen LogP contribution in [0.15, 0.2) is 36.7 Å². The molecule has 0 amide bonds. The van der Waals surface area contributed by atoms with Crippen molar-refractivity contribution in [2.45, 2.75) is 31.3 Å². The summed E-state index contributed by atoms with van der Waals surface area (Å²) in [4.78, 5) is 7.38. The standard InChI is InChI=1S/C18H24FN3O3S/c1-25-17(12-14-2-4-16(19)5-3-14)13-26(23,24)22-10-6-15(7-11-22)18-20-8-9-21-18/h2-5,8-9,15,17H,6-7,10-13H2,1H3,(H,20,21). The minimum absolute atomic E-state index is 0.0771. The largest absolute Gasteiger partial charge is 0.380 e. The number of benzene rings is 1. The summed E-state index contributed by atoms with van der Waals surface area (Å²) in [5.74, 6) is 0.809. The summed E-state index contributed by atoms with van der Waals surface area (Å²) in [5, 5.41) is 0. The Morgan fingerprint density at radius 3 is 2.58 bits per heavy atom. The average molecular weight is 381 g/mol. The molecule has 1 aromatic carbocycles. The van der Waals surface area contributed by atoms with Gasteiger partial charge in [0.15, 0.2) is 0 Å². The minimum Gasteiger partial charge on any atom is -0.380 e. The van der Waals surface area contributed by atoms with Crippen LogP contribution in [0.2, 0.25) is 0 Å². The van der Waals surface area contributed by atoms with Crippen molar-refractivity contribution in [1.29, 1.82) is 0 Å². The lowest BCUT2D eigenvalue weighted by Crippen LogP contribution is -2.42. The Bertz CT molecular complexity index is 786. The van der Waals surface area contributed by atoms with E-state index in [1.807, 2.05) is 0 Å². The molecule has 1 aliphatic heterocycles. The summed E-state index contributed by atoms with van der Waals surface area (Å²) in [5.41, 5.74) is 0.852. The van der Waals surface area contributed by atoms with Crippen molar-refractivity contribution in [3.05, 3.63) is 53.9 Å². The summed E-state index contributed by atoms with van der Waals surface area (Å²) >= 11 is 0. The van der Waals surface area contributed by atoms with Crippen LogP contribution in [0, 0.1) is 5.82 Å². The van der Waals surface area contributed by atoms with Gasteiger partial charge in [-0.25, -0.2) is 22.1 Å². The van der Waals surface area contributed by atoms with Crippen molar-refractivity contribution in [3.8, 4) is 0 Å². The van der Waals surface area contributed by atoms with Gasteiger partial charge in [0.05, 0.1) is 11.9 Å². The molecule has 1 aliphatic rings. The monoisotopic (exact) mass is 381 g/mol. The topological polar surface area (TPSA) is 75.3 Å². The maximum atomic E-state index is 13.0. The maximum Gasteiger partial charge on any atom is 0.216 e. The van der Waals surface area contributed by atoms with Crippen LogP contribution in [-0.2, 0) is 21.2 Å². The van der Waals surface area contributed by atoms with E-state index in [1.165, 1.54) is 19.2 Å². The van der Waals surface area contributed by atoms with E-state index in [1.54, 1.807) is 28.8 Å². The van der Waals surface area contributed by atoms with Crippen molar-refractivity contribution in [2.24, 2.45) is 0 Å². The van der Waals surface area contributed by atoms with Gasteiger partial charge in [0.1, 0.15) is 11.6 Å². The molecule has 1 atom stereocenters. The predicted molar refractivity (Wildman–Crippen MR) is 96.8 cm³/mol. The van der Waals surface area contributed by atoms with Gasteiger partial charge in [-0.15, -0.1) is 0 Å². The fourth-order valence-corrected chi connectivity index (χ4v) is 5.04. The molecular weight excluding hydrogens is 357 g/mol. The molecule has 2 aromatic rings. The highest BCUT2D eigenvalue weighted by Crippen LogP contribution is 2.27. The Morgan fingerprint density at radius 1 is 1.31 bits per heavy atom. The molecule has 1 unspecified atom stereocenters. The van der Waals surface area contributed by atoms with Gasteiger partial charge in [0.25, 0.3) is 0 Å². The highest BCUT2D eigenvalue weighted by Gasteiger charge is 2.31. The average Bonchev–Trinajstić information content (AvgIpc) is 3.17. The lowest BCUT2D eigenvalue weighted by Gasteiger charge is -2.31. The van der Waals surface area contributed by atoms with E-state index in [9.17, 15) is 12.8 Å². The molecule has 0 bridgehead atoms. The SMILES string of the molecule is COC(Cc1ccc(F)cc1)CS(=O)(=O)N1CCC(c2ncc[nH]2)CC1. The third-order valence-electron chi connectivity index (χ3n) is 4.86. The predicted octanol–water partition coefficient (Wildman–Crippen LogP) is 2.32. The smallest absolute Gasteiger partial charge is 0.216 e. The molecular formula is C18H24FN3O3S. The number of methoxy groups -OCH3 is 1. The molecule has 1 fully saturated rings. The zero-order valence-corrected chi connectivity index (χ0v) is 15.6. The Labute approximate surface area is 153 Å². The Morgan fingerprint density at radius 2 is 2.00 bits per heavy atom. The zero-order chi connectivity index (χ0) is 18.6. The third kappa shape index (κ3) is 4.69. The van der Waals surface area contributed by atoms with E-state index in [-0.39, 0.29) is 17.5 Å². The van der Waals surface area contributed by atoms with E-state index >= 15 is 0 Å². The molecule has 0 aliphatic carbocycles. The van der Waals surface area contributed by atoms with Crippen molar-refractivity contribution in [2.75, 3.05) is 26.0 Å². The highest BCUT2D eigenvalue weighted by molar-refractivity contribution is 7.89. The molecule has 0 saturated carbocycles. The molecule has 1 aromatic heterocycles. The second-order valence-corrected chi connectivity index (χ2v) is 8.63. The van der Waals surface area contributed by atoms with Crippen LogP contribution in [0.4, 0.5) is 4.39 Å². The van der Waals surface area contributed by atoms with Crippen LogP contribution in [0.3, 0.4) is 0 Å². The molecule has 0 spiro atoms. The summed E-state index contributed by atoms with van der Waals surface area (Å²) in [6.07, 6.45) is 4.98. The van der Waals surface area contributed by atoms with Gasteiger partial charge in [-0.3, -0.25) is 0 Å². The van der Waals surface area contributed by atoms with Gasteiger partial charge in [0.2, 0.25) is 10.0 Å². The zero-order valence-electron chi connectivity index (χ0n) is 14.8. The number of nitrogens with one attached hydrogen (secondary N) is 1. The van der Waals surface area contributed by atoms with Crippen LogP contribution in [0.25, 0.3) is 0 Å². The Balaban J connectivity index is 1.58. The number of imidazole rings is 1. The van der Waals surface area contributed by atoms with E-state index in [4.69, 9.17) is 4.74 Å². The molecule has 26 heavy (non-hydrogen) atoms. The van der Waals surface area contributed by atoms with E-state index in [2.05, 4.69) is 9.97 Å².